The Hall–Kier alpha value is -0.120. The van der Waals surface area contributed by atoms with Crippen LogP contribution in [0.2, 0.25) is 0 Å². The van der Waals surface area contributed by atoms with Gasteiger partial charge in [0.2, 0.25) is 0 Å². The zero-order chi connectivity index (χ0) is 10.7. The second-order valence-electron chi connectivity index (χ2n) is 4.71. The van der Waals surface area contributed by atoms with Gasteiger partial charge in [-0.3, -0.25) is 0 Å². The Morgan fingerprint density at radius 2 is 2.00 bits per heavy atom. The molecule has 0 heterocycles. The average molecular weight is 201 g/mol. The van der Waals surface area contributed by atoms with Crippen molar-refractivity contribution in [2.45, 2.75) is 58.0 Å². The van der Waals surface area contributed by atoms with Crippen molar-refractivity contribution in [1.29, 1.82) is 0 Å². The summed E-state index contributed by atoms with van der Waals surface area (Å²) in [5.74, 6) is 0.680. The molecular formula is C11H23NO2. The lowest BCUT2D eigenvalue weighted by atomic mass is 9.86. The van der Waals surface area contributed by atoms with E-state index >= 15 is 0 Å². The van der Waals surface area contributed by atoms with Crippen LogP contribution in [0.4, 0.5) is 0 Å². The first-order valence-electron chi connectivity index (χ1n) is 5.48. The molecule has 14 heavy (non-hydrogen) atoms. The van der Waals surface area contributed by atoms with E-state index in [0.29, 0.717) is 12.0 Å². The number of rotatable bonds is 5. The third-order valence-corrected chi connectivity index (χ3v) is 2.78. The summed E-state index contributed by atoms with van der Waals surface area (Å²) in [6.07, 6.45) is 2.65. The van der Waals surface area contributed by atoms with Crippen molar-refractivity contribution in [3.05, 3.63) is 0 Å². The fourth-order valence-corrected chi connectivity index (χ4v) is 2.09. The van der Waals surface area contributed by atoms with Crippen molar-refractivity contribution in [1.82, 2.24) is 0 Å². The van der Waals surface area contributed by atoms with E-state index in [4.69, 9.17) is 15.2 Å². The Morgan fingerprint density at radius 1 is 1.36 bits per heavy atom. The van der Waals surface area contributed by atoms with Crippen molar-refractivity contribution >= 4 is 0 Å². The van der Waals surface area contributed by atoms with Crippen LogP contribution in [0.5, 0.6) is 0 Å². The lowest BCUT2D eigenvalue weighted by Gasteiger charge is -2.42. The highest BCUT2D eigenvalue weighted by atomic mass is 16.5. The monoisotopic (exact) mass is 201 g/mol. The normalized spacial score (nSPS) is 34.3. The standard InChI is InChI=1S/C11H23NO2/c1-7(2)5-8(3)14-10-6-9(12)11(10)13-4/h7-11H,5-6,12H2,1-4H3. The van der Waals surface area contributed by atoms with Crippen LogP contribution in [0.3, 0.4) is 0 Å². The fraction of sp³-hybridized carbons (Fsp3) is 1.00. The van der Waals surface area contributed by atoms with Crippen molar-refractivity contribution in [2.24, 2.45) is 11.7 Å². The lowest BCUT2D eigenvalue weighted by Crippen LogP contribution is -2.58. The zero-order valence-electron chi connectivity index (χ0n) is 9.69. The summed E-state index contributed by atoms with van der Waals surface area (Å²) in [5, 5.41) is 0. The summed E-state index contributed by atoms with van der Waals surface area (Å²) in [7, 11) is 1.70. The van der Waals surface area contributed by atoms with E-state index in [0.717, 1.165) is 12.8 Å². The molecule has 0 spiro atoms. The van der Waals surface area contributed by atoms with Crippen molar-refractivity contribution in [2.75, 3.05) is 7.11 Å². The van der Waals surface area contributed by atoms with E-state index in [-0.39, 0.29) is 18.2 Å². The van der Waals surface area contributed by atoms with E-state index in [9.17, 15) is 0 Å². The molecule has 84 valence electrons. The topological polar surface area (TPSA) is 44.5 Å². The molecule has 0 aliphatic heterocycles. The summed E-state index contributed by atoms with van der Waals surface area (Å²) in [6.45, 7) is 6.54. The maximum Gasteiger partial charge on any atom is 0.0984 e. The second-order valence-corrected chi connectivity index (χ2v) is 4.71. The highest BCUT2D eigenvalue weighted by Crippen LogP contribution is 2.27. The van der Waals surface area contributed by atoms with Crippen molar-refractivity contribution in [3.63, 3.8) is 0 Å². The third kappa shape index (κ3) is 2.94. The van der Waals surface area contributed by atoms with Gasteiger partial charge in [0.15, 0.2) is 0 Å². The van der Waals surface area contributed by atoms with Gasteiger partial charge in [-0.25, -0.2) is 0 Å². The van der Waals surface area contributed by atoms with Gasteiger partial charge in [0, 0.05) is 13.2 Å². The quantitative estimate of drug-likeness (QED) is 0.734. The molecule has 0 aromatic rings. The predicted octanol–water partition coefficient (Wildman–Crippen LogP) is 1.55. The summed E-state index contributed by atoms with van der Waals surface area (Å²) in [6, 6.07) is 0.163. The van der Waals surface area contributed by atoms with E-state index in [1.54, 1.807) is 7.11 Å². The summed E-state index contributed by atoms with van der Waals surface area (Å²) in [5.41, 5.74) is 5.80. The van der Waals surface area contributed by atoms with Gasteiger partial charge in [0.25, 0.3) is 0 Å². The van der Waals surface area contributed by atoms with E-state index in [2.05, 4.69) is 20.8 Å². The van der Waals surface area contributed by atoms with Gasteiger partial charge in [-0.1, -0.05) is 13.8 Å². The fourth-order valence-electron chi connectivity index (χ4n) is 2.09. The van der Waals surface area contributed by atoms with Gasteiger partial charge in [-0.2, -0.15) is 0 Å². The second kappa shape index (κ2) is 5.10. The Kier molecular flexibility index (Phi) is 4.35. The molecule has 3 nitrogen and oxygen atoms in total. The molecule has 0 aromatic heterocycles. The van der Waals surface area contributed by atoms with Gasteiger partial charge in [0.05, 0.1) is 18.3 Å². The maximum absolute atomic E-state index is 5.87. The number of methoxy groups -OCH3 is 1. The zero-order valence-corrected chi connectivity index (χ0v) is 9.69. The van der Waals surface area contributed by atoms with Crippen LogP contribution in [-0.4, -0.2) is 31.5 Å². The van der Waals surface area contributed by atoms with Gasteiger partial charge in [0.1, 0.15) is 0 Å². The van der Waals surface area contributed by atoms with Crippen LogP contribution < -0.4 is 5.73 Å². The molecule has 2 N–H and O–H groups in total. The average Bonchev–Trinajstić information content (AvgIpc) is 2.02. The van der Waals surface area contributed by atoms with Gasteiger partial charge < -0.3 is 15.2 Å². The van der Waals surface area contributed by atoms with Crippen LogP contribution in [0, 0.1) is 5.92 Å². The molecule has 3 heteroatoms. The largest absolute Gasteiger partial charge is 0.377 e. The Labute approximate surface area is 86.9 Å². The third-order valence-electron chi connectivity index (χ3n) is 2.78. The summed E-state index contributed by atoms with van der Waals surface area (Å²) >= 11 is 0. The van der Waals surface area contributed by atoms with E-state index < -0.39 is 0 Å². The number of hydrogen-bond acceptors (Lipinski definition) is 3. The highest BCUT2D eigenvalue weighted by molar-refractivity contribution is 4.95. The Balaban J connectivity index is 2.24. The molecule has 1 rings (SSSR count). The summed E-state index contributed by atoms with van der Waals surface area (Å²) < 4.78 is 11.1. The minimum Gasteiger partial charge on any atom is -0.377 e. The van der Waals surface area contributed by atoms with Gasteiger partial charge in [-0.05, 0) is 25.7 Å². The Bertz CT molecular complexity index is 173. The number of ether oxygens (including phenoxy) is 2. The molecule has 0 bridgehead atoms. The van der Waals surface area contributed by atoms with Crippen molar-refractivity contribution < 1.29 is 9.47 Å². The number of hydrogen-bond donors (Lipinski definition) is 1. The van der Waals surface area contributed by atoms with Crippen LogP contribution in [0.1, 0.15) is 33.6 Å². The molecule has 0 radical (unpaired) electrons. The summed E-state index contributed by atoms with van der Waals surface area (Å²) in [4.78, 5) is 0. The molecule has 0 aromatic carbocycles. The predicted molar refractivity (Wildman–Crippen MR) is 57.2 cm³/mol. The molecular weight excluding hydrogens is 178 g/mol. The van der Waals surface area contributed by atoms with Crippen LogP contribution in [0.25, 0.3) is 0 Å². The first-order chi connectivity index (χ1) is 6.54. The van der Waals surface area contributed by atoms with E-state index in [1.807, 2.05) is 0 Å². The highest BCUT2D eigenvalue weighted by Gasteiger charge is 2.40. The van der Waals surface area contributed by atoms with Gasteiger partial charge in [-0.15, -0.1) is 0 Å². The molecule has 1 aliphatic rings. The molecule has 1 saturated carbocycles. The lowest BCUT2D eigenvalue weighted by molar-refractivity contribution is -0.149. The van der Waals surface area contributed by atoms with E-state index in [1.165, 1.54) is 0 Å². The van der Waals surface area contributed by atoms with Crippen molar-refractivity contribution in [3.8, 4) is 0 Å². The minimum atomic E-state index is 0.101. The molecule has 0 saturated heterocycles. The molecule has 4 unspecified atom stereocenters. The first-order valence-corrected chi connectivity index (χ1v) is 5.48. The van der Waals surface area contributed by atoms with Gasteiger partial charge >= 0.3 is 0 Å². The SMILES string of the molecule is COC1C(N)CC1OC(C)CC(C)C. The first kappa shape index (κ1) is 12.0. The van der Waals surface area contributed by atoms with Crippen LogP contribution in [0.15, 0.2) is 0 Å². The number of nitrogens with two attached hydrogens (primary N) is 1. The van der Waals surface area contributed by atoms with Crippen LogP contribution in [-0.2, 0) is 9.47 Å². The molecule has 1 aliphatic carbocycles. The molecule has 4 atom stereocenters. The molecule has 0 amide bonds. The molecule has 1 fully saturated rings. The Morgan fingerprint density at radius 3 is 2.43 bits per heavy atom. The van der Waals surface area contributed by atoms with Crippen LogP contribution >= 0.6 is 0 Å². The minimum absolute atomic E-state index is 0.101. The smallest absolute Gasteiger partial charge is 0.0984 e. The maximum atomic E-state index is 5.87.